The van der Waals surface area contributed by atoms with Gasteiger partial charge in [-0.15, -0.1) is 0 Å². The summed E-state index contributed by atoms with van der Waals surface area (Å²) >= 11 is 0. The molecule has 0 fully saturated rings. The molecular weight excluding hydrogens is 248 g/mol. The first-order valence-electron chi connectivity index (χ1n) is 6.09. The molecule has 1 aromatic carbocycles. The lowest BCUT2D eigenvalue weighted by molar-refractivity contribution is -0.118. The van der Waals surface area contributed by atoms with Crippen molar-refractivity contribution >= 4 is 11.8 Å². The molecule has 2 rings (SSSR count). The van der Waals surface area contributed by atoms with Crippen molar-refractivity contribution in [1.29, 1.82) is 0 Å². The van der Waals surface area contributed by atoms with Crippen molar-refractivity contribution in [2.45, 2.75) is 6.92 Å². The van der Waals surface area contributed by atoms with E-state index in [9.17, 15) is 9.59 Å². The monoisotopic (exact) mass is 264 g/mol. The fourth-order valence-electron chi connectivity index (χ4n) is 1.70. The minimum atomic E-state index is -0.206. The number of hydrogen-bond donors (Lipinski definition) is 2. The van der Waals surface area contributed by atoms with E-state index in [1.165, 1.54) is 6.92 Å². The molecule has 0 aromatic heterocycles. The number of carbonyl (C=O) groups is 2. The lowest BCUT2D eigenvalue weighted by atomic mass is 10.2. The van der Waals surface area contributed by atoms with Gasteiger partial charge in [-0.2, -0.15) is 0 Å². The Morgan fingerprint density at radius 1 is 1.11 bits per heavy atom. The standard InChI is InChI=1S/C13H16N2O4/c1-9(16)14-4-5-15-13(17)10-2-3-11-12(8-10)19-7-6-18-11/h2-3,8H,4-7H2,1H3,(H,14,16)(H,15,17). The van der Waals surface area contributed by atoms with Crippen molar-refractivity contribution < 1.29 is 19.1 Å². The molecule has 6 nitrogen and oxygen atoms in total. The molecule has 1 aliphatic heterocycles. The number of ether oxygens (including phenoxy) is 2. The molecule has 0 saturated carbocycles. The minimum Gasteiger partial charge on any atom is -0.486 e. The molecule has 19 heavy (non-hydrogen) atoms. The maximum Gasteiger partial charge on any atom is 0.251 e. The van der Waals surface area contributed by atoms with Gasteiger partial charge in [-0.25, -0.2) is 0 Å². The van der Waals surface area contributed by atoms with Crippen LogP contribution in [0.25, 0.3) is 0 Å². The van der Waals surface area contributed by atoms with Crippen LogP contribution in [0.15, 0.2) is 18.2 Å². The van der Waals surface area contributed by atoms with Gasteiger partial charge in [0.2, 0.25) is 5.91 Å². The van der Waals surface area contributed by atoms with Crippen LogP contribution in [0.2, 0.25) is 0 Å². The van der Waals surface area contributed by atoms with Crippen LogP contribution in [0, 0.1) is 0 Å². The number of amides is 2. The average Bonchev–Trinajstić information content (AvgIpc) is 2.42. The molecule has 0 unspecified atom stereocenters. The molecule has 0 atom stereocenters. The van der Waals surface area contributed by atoms with Crippen molar-refractivity contribution in [3.8, 4) is 11.5 Å². The van der Waals surface area contributed by atoms with E-state index in [0.29, 0.717) is 43.4 Å². The molecule has 0 aliphatic carbocycles. The van der Waals surface area contributed by atoms with Crippen LogP contribution in [-0.4, -0.2) is 38.1 Å². The number of benzene rings is 1. The number of carbonyl (C=O) groups excluding carboxylic acids is 2. The minimum absolute atomic E-state index is 0.117. The quantitative estimate of drug-likeness (QED) is 0.768. The Labute approximate surface area is 111 Å². The van der Waals surface area contributed by atoms with E-state index in [1.807, 2.05) is 0 Å². The zero-order valence-corrected chi connectivity index (χ0v) is 10.7. The highest BCUT2D eigenvalue weighted by molar-refractivity contribution is 5.94. The molecule has 1 heterocycles. The second-order valence-electron chi connectivity index (χ2n) is 4.10. The fourth-order valence-corrected chi connectivity index (χ4v) is 1.70. The van der Waals surface area contributed by atoms with Gasteiger partial charge >= 0.3 is 0 Å². The van der Waals surface area contributed by atoms with Gasteiger partial charge in [0.05, 0.1) is 0 Å². The summed E-state index contributed by atoms with van der Waals surface area (Å²) in [6.45, 7) is 3.23. The van der Waals surface area contributed by atoms with Crippen molar-refractivity contribution in [1.82, 2.24) is 10.6 Å². The largest absolute Gasteiger partial charge is 0.486 e. The summed E-state index contributed by atoms with van der Waals surface area (Å²) in [4.78, 5) is 22.5. The Morgan fingerprint density at radius 3 is 2.53 bits per heavy atom. The molecule has 0 saturated heterocycles. The van der Waals surface area contributed by atoms with Crippen LogP contribution in [0.1, 0.15) is 17.3 Å². The zero-order chi connectivity index (χ0) is 13.7. The van der Waals surface area contributed by atoms with Crippen LogP contribution in [0.4, 0.5) is 0 Å². The molecule has 1 aromatic rings. The first-order valence-corrected chi connectivity index (χ1v) is 6.09. The molecule has 0 bridgehead atoms. The third-order valence-electron chi connectivity index (χ3n) is 2.59. The molecule has 0 spiro atoms. The van der Waals surface area contributed by atoms with Gasteiger partial charge in [0, 0.05) is 25.6 Å². The van der Waals surface area contributed by atoms with Crippen molar-refractivity contribution in [2.24, 2.45) is 0 Å². The molecule has 6 heteroatoms. The maximum atomic E-state index is 11.9. The van der Waals surface area contributed by atoms with E-state index in [-0.39, 0.29) is 11.8 Å². The second-order valence-corrected chi connectivity index (χ2v) is 4.10. The first kappa shape index (κ1) is 13.2. The van der Waals surface area contributed by atoms with Crippen LogP contribution < -0.4 is 20.1 Å². The lowest BCUT2D eigenvalue weighted by Gasteiger charge is -2.18. The predicted molar refractivity (Wildman–Crippen MR) is 68.4 cm³/mol. The van der Waals surface area contributed by atoms with Crippen LogP contribution in [-0.2, 0) is 4.79 Å². The van der Waals surface area contributed by atoms with Crippen molar-refractivity contribution in [3.63, 3.8) is 0 Å². The van der Waals surface area contributed by atoms with Crippen LogP contribution >= 0.6 is 0 Å². The molecule has 1 aliphatic rings. The highest BCUT2D eigenvalue weighted by Gasteiger charge is 2.14. The molecule has 2 N–H and O–H groups in total. The highest BCUT2D eigenvalue weighted by Crippen LogP contribution is 2.30. The first-order chi connectivity index (χ1) is 9.16. The van der Waals surface area contributed by atoms with E-state index in [1.54, 1.807) is 18.2 Å². The zero-order valence-electron chi connectivity index (χ0n) is 10.7. The lowest BCUT2D eigenvalue weighted by Crippen LogP contribution is -2.33. The topological polar surface area (TPSA) is 76.7 Å². The molecular formula is C13H16N2O4. The highest BCUT2D eigenvalue weighted by atomic mass is 16.6. The van der Waals surface area contributed by atoms with Gasteiger partial charge in [0.15, 0.2) is 11.5 Å². The predicted octanol–water partition coefficient (Wildman–Crippen LogP) is 0.324. The fraction of sp³-hybridized carbons (Fsp3) is 0.385. The smallest absolute Gasteiger partial charge is 0.251 e. The summed E-state index contributed by atoms with van der Waals surface area (Å²) in [5.74, 6) is 0.915. The van der Waals surface area contributed by atoms with Gasteiger partial charge in [0.1, 0.15) is 13.2 Å². The van der Waals surface area contributed by atoms with E-state index in [2.05, 4.69) is 10.6 Å². The normalized spacial score (nSPS) is 12.7. The van der Waals surface area contributed by atoms with Gasteiger partial charge in [-0.05, 0) is 18.2 Å². The molecule has 102 valence electrons. The summed E-state index contributed by atoms with van der Waals surface area (Å²) < 4.78 is 10.8. The summed E-state index contributed by atoms with van der Waals surface area (Å²) in [6, 6.07) is 5.06. The van der Waals surface area contributed by atoms with E-state index >= 15 is 0 Å². The van der Waals surface area contributed by atoms with E-state index in [4.69, 9.17) is 9.47 Å². The summed E-state index contributed by atoms with van der Waals surface area (Å²) in [7, 11) is 0. The van der Waals surface area contributed by atoms with E-state index < -0.39 is 0 Å². The maximum absolute atomic E-state index is 11.9. The molecule has 0 radical (unpaired) electrons. The summed E-state index contributed by atoms with van der Waals surface area (Å²) in [5.41, 5.74) is 0.507. The number of fused-ring (bicyclic) bond motifs is 1. The Hall–Kier alpha value is -2.24. The molecule has 2 amide bonds. The van der Waals surface area contributed by atoms with Gasteiger partial charge in [0.25, 0.3) is 5.91 Å². The van der Waals surface area contributed by atoms with Crippen molar-refractivity contribution in [2.75, 3.05) is 26.3 Å². The number of rotatable bonds is 4. The SMILES string of the molecule is CC(=O)NCCNC(=O)c1ccc2c(c1)OCCO2. The van der Waals surface area contributed by atoms with Gasteiger partial charge in [-0.3, -0.25) is 9.59 Å². The average molecular weight is 264 g/mol. The van der Waals surface area contributed by atoms with Crippen LogP contribution in [0.3, 0.4) is 0 Å². The Balaban J connectivity index is 1.90. The third-order valence-corrected chi connectivity index (χ3v) is 2.59. The van der Waals surface area contributed by atoms with Crippen molar-refractivity contribution in [3.05, 3.63) is 23.8 Å². The van der Waals surface area contributed by atoms with Crippen LogP contribution in [0.5, 0.6) is 11.5 Å². The number of hydrogen-bond acceptors (Lipinski definition) is 4. The van der Waals surface area contributed by atoms with Gasteiger partial charge < -0.3 is 20.1 Å². The van der Waals surface area contributed by atoms with Gasteiger partial charge in [-0.1, -0.05) is 0 Å². The summed E-state index contributed by atoms with van der Waals surface area (Å²) in [6.07, 6.45) is 0. The Morgan fingerprint density at radius 2 is 1.79 bits per heavy atom. The Kier molecular flexibility index (Phi) is 4.22. The van der Waals surface area contributed by atoms with E-state index in [0.717, 1.165) is 0 Å². The second kappa shape index (κ2) is 6.08. The Bertz CT molecular complexity index is 488. The number of nitrogens with one attached hydrogen (secondary N) is 2. The third kappa shape index (κ3) is 3.61. The summed E-state index contributed by atoms with van der Waals surface area (Å²) in [5, 5.41) is 5.32.